The molecule has 180 valence electrons. The van der Waals surface area contributed by atoms with Crippen LogP contribution in [0.1, 0.15) is 26.3 Å². The Bertz CT molecular complexity index is 1230. The predicted octanol–water partition coefficient (Wildman–Crippen LogP) is 5.29. The largest absolute Gasteiger partial charge is 0.339 e. The lowest BCUT2D eigenvalue weighted by Gasteiger charge is -2.29. The Morgan fingerprint density at radius 2 is 1.57 bits per heavy atom. The summed E-state index contributed by atoms with van der Waals surface area (Å²) in [6, 6.07) is 23.8. The molecule has 0 saturated carbocycles. The Hall–Kier alpha value is -3.84. The van der Waals surface area contributed by atoms with Crippen LogP contribution in [0.2, 0.25) is 5.02 Å². The molecule has 8 heteroatoms. The number of benzene rings is 3. The van der Waals surface area contributed by atoms with Crippen LogP contribution in [-0.2, 0) is 15.1 Å². The summed E-state index contributed by atoms with van der Waals surface area (Å²) in [6.45, 7) is 5.44. The maximum absolute atomic E-state index is 13.1. The van der Waals surface area contributed by atoms with Gasteiger partial charge in [0.25, 0.3) is 5.91 Å². The van der Waals surface area contributed by atoms with Crippen molar-refractivity contribution in [2.75, 3.05) is 16.8 Å². The Balaban J connectivity index is 1.43. The predicted molar refractivity (Wildman–Crippen MR) is 138 cm³/mol. The topological polar surface area (TPSA) is 81.8 Å². The van der Waals surface area contributed by atoms with Crippen LogP contribution < -0.4 is 15.5 Å². The molecule has 1 unspecified atom stereocenters. The van der Waals surface area contributed by atoms with Gasteiger partial charge in [-0.15, -0.1) is 0 Å². The molecular formula is C27H27ClN4O3. The van der Waals surface area contributed by atoms with E-state index in [1.54, 1.807) is 43.3 Å². The quantitative estimate of drug-likeness (QED) is 0.441. The highest BCUT2D eigenvalue weighted by atomic mass is 35.5. The van der Waals surface area contributed by atoms with Crippen LogP contribution in [0.25, 0.3) is 0 Å². The Kier molecular flexibility index (Phi) is 6.80. The lowest BCUT2D eigenvalue weighted by Crippen LogP contribution is -2.42. The van der Waals surface area contributed by atoms with Gasteiger partial charge in [0.1, 0.15) is 12.1 Å². The van der Waals surface area contributed by atoms with Gasteiger partial charge >= 0.3 is 6.03 Å². The number of amides is 4. The zero-order chi connectivity index (χ0) is 25.2. The second kappa shape index (κ2) is 9.80. The van der Waals surface area contributed by atoms with Crippen molar-refractivity contribution in [1.29, 1.82) is 0 Å². The molecule has 7 nitrogen and oxygen atoms in total. The van der Waals surface area contributed by atoms with Crippen molar-refractivity contribution in [3.8, 4) is 0 Å². The third kappa shape index (κ3) is 5.00. The van der Waals surface area contributed by atoms with E-state index in [9.17, 15) is 14.4 Å². The number of nitrogens with one attached hydrogen (secondary N) is 2. The summed E-state index contributed by atoms with van der Waals surface area (Å²) in [6.07, 6.45) is 0. The highest BCUT2D eigenvalue weighted by molar-refractivity contribution is 6.30. The molecule has 1 saturated heterocycles. The van der Waals surface area contributed by atoms with Gasteiger partial charge in [0.15, 0.2) is 0 Å². The highest BCUT2D eigenvalue weighted by Crippen LogP contribution is 2.30. The van der Waals surface area contributed by atoms with Gasteiger partial charge in [0, 0.05) is 28.1 Å². The maximum Gasteiger partial charge on any atom is 0.325 e. The monoisotopic (exact) mass is 490 g/mol. The molecule has 1 aliphatic heterocycles. The van der Waals surface area contributed by atoms with Gasteiger partial charge in [-0.25, -0.2) is 4.79 Å². The molecule has 0 bridgehead atoms. The van der Waals surface area contributed by atoms with Gasteiger partial charge in [0.2, 0.25) is 5.91 Å². The second-order valence-electron chi connectivity index (χ2n) is 8.85. The fraction of sp³-hybridized carbons (Fsp3) is 0.222. The molecule has 1 aliphatic rings. The fourth-order valence-corrected chi connectivity index (χ4v) is 4.33. The molecule has 35 heavy (non-hydrogen) atoms. The Morgan fingerprint density at radius 3 is 2.17 bits per heavy atom. The molecule has 0 aliphatic carbocycles. The van der Waals surface area contributed by atoms with Crippen LogP contribution >= 0.6 is 11.6 Å². The average molecular weight is 491 g/mol. The molecule has 0 radical (unpaired) electrons. The van der Waals surface area contributed by atoms with Crippen LogP contribution in [0, 0.1) is 0 Å². The van der Waals surface area contributed by atoms with E-state index in [0.717, 1.165) is 16.3 Å². The number of hydrogen-bond acceptors (Lipinski definition) is 4. The first-order valence-corrected chi connectivity index (χ1v) is 11.7. The third-order valence-corrected chi connectivity index (χ3v) is 6.23. The van der Waals surface area contributed by atoms with Crippen molar-refractivity contribution in [2.24, 2.45) is 0 Å². The van der Waals surface area contributed by atoms with Gasteiger partial charge in [0.05, 0.1) is 0 Å². The van der Waals surface area contributed by atoms with Crippen molar-refractivity contribution in [3.63, 3.8) is 0 Å². The molecule has 1 heterocycles. The zero-order valence-corrected chi connectivity index (χ0v) is 20.5. The maximum atomic E-state index is 13.1. The van der Waals surface area contributed by atoms with E-state index in [1.165, 1.54) is 0 Å². The van der Waals surface area contributed by atoms with Crippen LogP contribution in [0.3, 0.4) is 0 Å². The first-order valence-electron chi connectivity index (χ1n) is 11.3. The standard InChI is InChI=1S/C27H27ClN4O3/c1-18(2)32(22-7-5-4-6-8-22)23-15-13-21(14-16-23)29-24(33)17-31-25(34)27(3,30-26(31)35)19-9-11-20(28)12-10-19/h4-16,18H,17H2,1-3H3,(H,29,33)(H,30,35). The molecular weight excluding hydrogens is 464 g/mol. The van der Waals surface area contributed by atoms with Gasteiger partial charge < -0.3 is 15.5 Å². The van der Waals surface area contributed by atoms with Gasteiger partial charge in [-0.05, 0) is 74.9 Å². The third-order valence-electron chi connectivity index (χ3n) is 5.98. The zero-order valence-electron chi connectivity index (χ0n) is 19.8. The summed E-state index contributed by atoms with van der Waals surface area (Å²) in [5, 5.41) is 5.99. The Labute approximate surface area is 209 Å². The lowest BCUT2D eigenvalue weighted by atomic mass is 9.92. The van der Waals surface area contributed by atoms with Crippen LogP contribution in [-0.4, -0.2) is 35.3 Å². The van der Waals surface area contributed by atoms with Gasteiger partial charge in [-0.3, -0.25) is 14.5 Å². The summed E-state index contributed by atoms with van der Waals surface area (Å²) in [5.41, 5.74) is 1.95. The number of nitrogens with zero attached hydrogens (tertiary/aromatic N) is 2. The van der Waals surface area contributed by atoms with Crippen molar-refractivity contribution >= 4 is 46.5 Å². The SMILES string of the molecule is CC(C)N(c1ccccc1)c1ccc(NC(=O)CN2C(=O)NC(C)(c3ccc(Cl)cc3)C2=O)cc1. The number of anilines is 3. The van der Waals surface area contributed by atoms with E-state index < -0.39 is 29.9 Å². The second-order valence-corrected chi connectivity index (χ2v) is 9.28. The molecule has 4 rings (SSSR count). The molecule has 2 N–H and O–H groups in total. The molecule has 0 spiro atoms. The number of carbonyl (C=O) groups is 3. The van der Waals surface area contributed by atoms with Crippen LogP contribution in [0.15, 0.2) is 78.9 Å². The smallest absolute Gasteiger partial charge is 0.325 e. The minimum atomic E-state index is -1.26. The van der Waals surface area contributed by atoms with E-state index >= 15 is 0 Å². The average Bonchev–Trinajstić information content (AvgIpc) is 3.05. The summed E-state index contributed by atoms with van der Waals surface area (Å²) in [4.78, 5) is 41.4. The summed E-state index contributed by atoms with van der Waals surface area (Å²) in [7, 11) is 0. The number of halogens is 1. The number of rotatable bonds is 7. The number of urea groups is 1. The molecule has 0 aromatic heterocycles. The van der Waals surface area contributed by atoms with Crippen molar-refractivity contribution in [1.82, 2.24) is 10.2 Å². The van der Waals surface area contributed by atoms with E-state index in [0.29, 0.717) is 16.3 Å². The van der Waals surface area contributed by atoms with Crippen molar-refractivity contribution in [2.45, 2.75) is 32.4 Å². The highest BCUT2D eigenvalue weighted by Gasteiger charge is 2.49. The van der Waals surface area contributed by atoms with E-state index in [-0.39, 0.29) is 6.04 Å². The molecule has 3 aromatic rings. The number of carbonyl (C=O) groups excluding carboxylic acids is 3. The van der Waals surface area contributed by atoms with Crippen LogP contribution in [0.5, 0.6) is 0 Å². The summed E-state index contributed by atoms with van der Waals surface area (Å²) >= 11 is 5.94. The molecule has 1 fully saturated rings. The van der Waals surface area contributed by atoms with E-state index in [2.05, 4.69) is 29.4 Å². The number of hydrogen-bond donors (Lipinski definition) is 2. The number of imide groups is 1. The van der Waals surface area contributed by atoms with Crippen molar-refractivity contribution in [3.05, 3.63) is 89.4 Å². The minimum Gasteiger partial charge on any atom is -0.339 e. The van der Waals surface area contributed by atoms with Crippen molar-refractivity contribution < 1.29 is 14.4 Å². The first-order chi connectivity index (χ1) is 16.7. The number of para-hydroxylation sites is 1. The van der Waals surface area contributed by atoms with E-state index in [4.69, 9.17) is 11.6 Å². The van der Waals surface area contributed by atoms with Gasteiger partial charge in [-0.1, -0.05) is 41.9 Å². The normalized spacial score (nSPS) is 17.5. The Morgan fingerprint density at radius 1 is 0.971 bits per heavy atom. The molecule has 4 amide bonds. The first kappa shape index (κ1) is 24.3. The molecule has 3 aromatic carbocycles. The molecule has 1 atom stereocenters. The fourth-order valence-electron chi connectivity index (χ4n) is 4.20. The van der Waals surface area contributed by atoms with E-state index in [1.807, 2.05) is 42.5 Å². The summed E-state index contributed by atoms with van der Waals surface area (Å²) in [5.74, 6) is -0.962. The van der Waals surface area contributed by atoms with Crippen LogP contribution in [0.4, 0.5) is 21.9 Å². The summed E-state index contributed by atoms with van der Waals surface area (Å²) < 4.78 is 0. The minimum absolute atomic E-state index is 0.229. The van der Waals surface area contributed by atoms with Gasteiger partial charge in [-0.2, -0.15) is 0 Å². The lowest BCUT2D eigenvalue weighted by molar-refractivity contribution is -0.133.